The van der Waals surface area contributed by atoms with Crippen molar-refractivity contribution in [3.05, 3.63) is 29.1 Å². The summed E-state index contributed by atoms with van der Waals surface area (Å²) in [5, 5.41) is 9.99. The van der Waals surface area contributed by atoms with E-state index in [0.29, 0.717) is 4.74 Å². The fraction of sp³-hybridized carbons (Fsp3) is 0.308. The fourth-order valence-electron chi connectivity index (χ4n) is 1.93. The second-order valence-corrected chi connectivity index (χ2v) is 8.78. The molecule has 0 atom stereocenters. The molecule has 2 aromatic rings. The zero-order chi connectivity index (χ0) is 19.2. The van der Waals surface area contributed by atoms with Gasteiger partial charge in [0.15, 0.2) is 16.8 Å². The van der Waals surface area contributed by atoms with Gasteiger partial charge in [0.25, 0.3) is 0 Å². The highest BCUT2D eigenvalue weighted by Gasteiger charge is 2.29. The normalized spacial score (nSPS) is 14.0. The average Bonchev–Trinajstić information content (AvgIpc) is 2.43. The van der Waals surface area contributed by atoms with Crippen LogP contribution in [0.15, 0.2) is 28.4 Å². The summed E-state index contributed by atoms with van der Waals surface area (Å²) < 4.78 is 65.5. The molecule has 25 heavy (non-hydrogen) atoms. The summed E-state index contributed by atoms with van der Waals surface area (Å²) in [7, 11) is -9.95. The van der Waals surface area contributed by atoms with E-state index in [9.17, 15) is 31.1 Å². The number of pyridine rings is 2. The number of nitrogens with zero attached hydrogens (tertiary/aromatic N) is 3. The lowest BCUT2D eigenvalue weighted by atomic mass is 10.1. The maximum atomic E-state index is 12.2. The van der Waals surface area contributed by atoms with E-state index in [1.165, 1.54) is 18.3 Å². The molecule has 136 valence electrons. The quantitative estimate of drug-likeness (QED) is 0.255. The summed E-state index contributed by atoms with van der Waals surface area (Å²) in [6, 6.07) is 2.66. The predicted octanol–water partition coefficient (Wildman–Crippen LogP) is 0.851. The summed E-state index contributed by atoms with van der Waals surface area (Å²) in [5.41, 5.74) is -1.64. The van der Waals surface area contributed by atoms with Crippen molar-refractivity contribution in [2.75, 3.05) is 0 Å². The molecule has 0 aliphatic carbocycles. The smallest absolute Gasteiger partial charge is 0.314 e. The van der Waals surface area contributed by atoms with Gasteiger partial charge in [-0.05, 0) is 6.07 Å². The Balaban J connectivity index is 3.09. The highest BCUT2D eigenvalue weighted by atomic mass is 32.2. The van der Waals surface area contributed by atoms with Crippen molar-refractivity contribution in [2.45, 2.75) is 36.4 Å². The van der Waals surface area contributed by atoms with Gasteiger partial charge in [-0.3, -0.25) is 14.1 Å². The first-order valence-corrected chi connectivity index (χ1v) is 9.66. The Morgan fingerprint density at radius 2 is 1.68 bits per heavy atom. The molecule has 12 heteroatoms. The number of aromatic nitrogens is 2. The van der Waals surface area contributed by atoms with Gasteiger partial charge in [0.1, 0.15) is 5.52 Å². The largest absolute Gasteiger partial charge is 0.623 e. The van der Waals surface area contributed by atoms with Gasteiger partial charge in [0.2, 0.25) is 5.03 Å². The number of rotatable bonds is 3. The molecule has 2 N–H and O–H groups in total. The highest BCUT2D eigenvalue weighted by molar-refractivity contribution is 7.86. The van der Waals surface area contributed by atoms with Crippen molar-refractivity contribution in [2.24, 2.45) is 0 Å². The molecule has 0 radical (unpaired) electrons. The van der Waals surface area contributed by atoms with Gasteiger partial charge in [-0.2, -0.15) is 16.8 Å². The van der Waals surface area contributed by atoms with Crippen LogP contribution in [-0.4, -0.2) is 52.4 Å². The van der Waals surface area contributed by atoms with Crippen molar-refractivity contribution >= 4 is 37.4 Å². The Kier molecular flexibility index (Phi) is 4.59. The molecule has 0 amide bonds. The molecule has 0 fully saturated rings. The van der Waals surface area contributed by atoms with Gasteiger partial charge in [0, 0.05) is 32.4 Å². The Bertz CT molecular complexity index is 1080. The monoisotopic (exact) mass is 389 g/mol. The fourth-order valence-corrected chi connectivity index (χ4v) is 3.24. The average molecular weight is 389 g/mol. The van der Waals surface area contributed by atoms with Crippen LogP contribution in [0.25, 0.3) is 10.9 Å². The van der Waals surface area contributed by atoms with Gasteiger partial charge in [-0.1, -0.05) is 6.07 Å². The summed E-state index contributed by atoms with van der Waals surface area (Å²) in [4.78, 5) is 7.13. The van der Waals surface area contributed by atoms with E-state index < -0.39 is 35.8 Å². The van der Waals surface area contributed by atoms with Gasteiger partial charge >= 0.3 is 20.2 Å². The summed E-state index contributed by atoms with van der Waals surface area (Å²) in [5.74, 6) is 0. The summed E-state index contributed by atoms with van der Waals surface area (Å²) in [6.45, 7) is 4.68. The van der Waals surface area contributed by atoms with Crippen molar-refractivity contribution < 1.29 is 30.7 Å². The summed E-state index contributed by atoms with van der Waals surface area (Å²) in [6.07, 6.45) is 2.07. The Hall–Kier alpha value is -2.15. The minimum atomic E-state index is -5.01. The van der Waals surface area contributed by atoms with E-state index in [2.05, 4.69) is 9.97 Å². The second-order valence-electron chi connectivity index (χ2n) is 6.11. The molecule has 0 aromatic carbocycles. The van der Waals surface area contributed by atoms with Gasteiger partial charge < -0.3 is 5.21 Å². The lowest BCUT2D eigenvalue weighted by Crippen LogP contribution is -2.30. The van der Waals surface area contributed by atoms with Crippen LogP contribution in [0.3, 0.4) is 0 Å². The van der Waals surface area contributed by atoms with E-state index in [4.69, 9.17) is 0 Å². The number of hydrogen-bond acceptors (Lipinski definition) is 7. The van der Waals surface area contributed by atoms with Gasteiger partial charge in [0.05, 0.1) is 5.56 Å². The lowest BCUT2D eigenvalue weighted by Gasteiger charge is -2.19. The molecule has 0 saturated heterocycles. The molecule has 0 bridgehead atoms. The van der Waals surface area contributed by atoms with Crippen LogP contribution in [0, 0.1) is 5.21 Å². The van der Waals surface area contributed by atoms with Crippen LogP contribution in [-0.2, 0) is 20.2 Å². The van der Waals surface area contributed by atoms with E-state index >= 15 is 0 Å². The van der Waals surface area contributed by atoms with Crippen LogP contribution in [0.5, 0.6) is 0 Å². The first kappa shape index (κ1) is 19.2. The minimum Gasteiger partial charge on any atom is -0.623 e. The SMILES string of the molecule is CC(C)(C)/[N+]([O-])=C/c1c(S(=O)(=O)O)nc(S(=O)(=O)O)c2ncccc12. The van der Waals surface area contributed by atoms with Crippen LogP contribution in [0.4, 0.5) is 0 Å². The maximum Gasteiger partial charge on any atom is 0.314 e. The molecule has 0 aliphatic heterocycles. The van der Waals surface area contributed by atoms with Crippen molar-refractivity contribution in [3.63, 3.8) is 0 Å². The minimum absolute atomic E-state index is 0.0946. The Morgan fingerprint density at radius 1 is 1.12 bits per heavy atom. The highest BCUT2D eigenvalue weighted by Crippen LogP contribution is 2.27. The summed E-state index contributed by atoms with van der Waals surface area (Å²) >= 11 is 0. The molecule has 2 aromatic heterocycles. The van der Waals surface area contributed by atoms with Crippen molar-refractivity contribution in [3.8, 4) is 0 Å². The van der Waals surface area contributed by atoms with Crippen LogP contribution >= 0.6 is 0 Å². The molecule has 0 unspecified atom stereocenters. The van der Waals surface area contributed by atoms with Crippen molar-refractivity contribution in [1.29, 1.82) is 0 Å². The molecular weight excluding hydrogens is 374 g/mol. The van der Waals surface area contributed by atoms with Crippen LogP contribution < -0.4 is 0 Å². The molecule has 10 nitrogen and oxygen atoms in total. The van der Waals surface area contributed by atoms with E-state index in [1.807, 2.05) is 0 Å². The third kappa shape index (κ3) is 3.92. The first-order chi connectivity index (χ1) is 11.2. The standard InChI is InChI=1S/C13H15N3O7S2/c1-13(2,3)16(17)7-9-8-5-4-6-14-10(8)12(25(21,22)23)15-11(9)24(18,19)20/h4-7H,1-3H3,(H,18,19,20)(H,21,22,23)/b16-7-. The number of hydrogen-bond donors (Lipinski definition) is 2. The van der Waals surface area contributed by atoms with E-state index in [1.54, 1.807) is 20.8 Å². The molecule has 0 saturated carbocycles. The molecule has 2 rings (SSSR count). The first-order valence-electron chi connectivity index (χ1n) is 6.78. The van der Waals surface area contributed by atoms with Crippen molar-refractivity contribution in [1.82, 2.24) is 9.97 Å². The second kappa shape index (κ2) is 5.98. The molecular formula is C13H15N3O7S2. The molecule has 2 heterocycles. The number of fused-ring (bicyclic) bond motifs is 1. The Labute approximate surface area is 143 Å². The third-order valence-electron chi connectivity index (χ3n) is 3.13. The Morgan fingerprint density at radius 3 is 2.16 bits per heavy atom. The molecule has 0 aliphatic rings. The number of hydroxylamine groups is 1. The lowest BCUT2D eigenvalue weighted by molar-refractivity contribution is -0.530. The maximum absolute atomic E-state index is 12.2. The zero-order valence-electron chi connectivity index (χ0n) is 13.4. The van der Waals surface area contributed by atoms with E-state index in [-0.39, 0.29) is 16.5 Å². The third-order valence-corrected chi connectivity index (χ3v) is 4.70. The predicted molar refractivity (Wildman–Crippen MR) is 87.7 cm³/mol. The molecule has 0 spiro atoms. The zero-order valence-corrected chi connectivity index (χ0v) is 15.0. The van der Waals surface area contributed by atoms with Crippen LogP contribution in [0.1, 0.15) is 26.3 Å². The van der Waals surface area contributed by atoms with Crippen LogP contribution in [0.2, 0.25) is 0 Å². The van der Waals surface area contributed by atoms with E-state index in [0.717, 1.165) is 6.21 Å². The van der Waals surface area contributed by atoms with Gasteiger partial charge in [-0.25, -0.2) is 9.72 Å². The van der Waals surface area contributed by atoms with Gasteiger partial charge in [-0.15, -0.1) is 0 Å². The topological polar surface area (TPSA) is 161 Å².